The van der Waals surface area contributed by atoms with E-state index in [0.29, 0.717) is 0 Å². The SMILES string of the molecule is Cc1c(-c2ccccc2)cccc1-c1ccc(-c2cc[c-]c(-c3ccccn3)c2)c2ncncc12.Cc1ccnc(-c2[c-]cccc2)c1.[Ir]. The van der Waals surface area contributed by atoms with Crippen LogP contribution in [-0.4, -0.2) is 19.9 Å². The Labute approximate surface area is 301 Å². The number of aromatic nitrogens is 4. The number of hydrogen-bond acceptors (Lipinski definition) is 4. The zero-order valence-corrected chi connectivity index (χ0v) is 29.5. The molecule has 4 nitrogen and oxygen atoms in total. The van der Waals surface area contributed by atoms with Gasteiger partial charge in [-0.25, -0.2) is 9.97 Å². The minimum atomic E-state index is 0. The molecular formula is C44H32IrN4-2. The van der Waals surface area contributed by atoms with Crippen LogP contribution in [0.1, 0.15) is 11.1 Å². The maximum Gasteiger partial charge on any atom is 0.116 e. The van der Waals surface area contributed by atoms with Crippen molar-refractivity contribution in [2.45, 2.75) is 13.8 Å². The van der Waals surface area contributed by atoms with E-state index in [0.717, 1.165) is 50.1 Å². The number of rotatable bonds is 5. The van der Waals surface area contributed by atoms with Gasteiger partial charge in [0, 0.05) is 44.1 Å². The Kier molecular flexibility index (Phi) is 10.6. The molecule has 3 heterocycles. The van der Waals surface area contributed by atoms with Crippen LogP contribution in [0.2, 0.25) is 0 Å². The second-order valence-electron chi connectivity index (χ2n) is 11.5. The molecule has 0 atom stereocenters. The van der Waals surface area contributed by atoms with E-state index in [4.69, 9.17) is 4.98 Å². The quantitative estimate of drug-likeness (QED) is 0.163. The van der Waals surface area contributed by atoms with Crippen molar-refractivity contribution in [3.63, 3.8) is 0 Å². The van der Waals surface area contributed by atoms with Crippen molar-refractivity contribution in [3.8, 4) is 55.9 Å². The minimum absolute atomic E-state index is 0. The average Bonchev–Trinajstić information content (AvgIpc) is 3.16. The molecule has 8 aromatic rings. The maximum absolute atomic E-state index is 4.72. The van der Waals surface area contributed by atoms with Crippen LogP contribution in [0.5, 0.6) is 0 Å². The number of pyridine rings is 2. The van der Waals surface area contributed by atoms with Gasteiger partial charge in [0.25, 0.3) is 0 Å². The number of nitrogens with zero attached hydrogens (tertiary/aromatic N) is 4. The van der Waals surface area contributed by atoms with Crippen LogP contribution in [-0.2, 0) is 20.1 Å². The molecule has 0 aliphatic carbocycles. The molecule has 3 aromatic heterocycles. The zero-order valence-electron chi connectivity index (χ0n) is 27.1. The summed E-state index contributed by atoms with van der Waals surface area (Å²) < 4.78 is 0. The summed E-state index contributed by atoms with van der Waals surface area (Å²) in [5, 5.41) is 1.03. The predicted octanol–water partition coefficient (Wildman–Crippen LogP) is 10.7. The second-order valence-corrected chi connectivity index (χ2v) is 11.5. The Balaban J connectivity index is 0.000000250. The molecule has 0 bridgehead atoms. The normalized spacial score (nSPS) is 10.5. The van der Waals surface area contributed by atoms with E-state index in [2.05, 4.69) is 114 Å². The van der Waals surface area contributed by atoms with Gasteiger partial charge >= 0.3 is 0 Å². The van der Waals surface area contributed by atoms with Crippen LogP contribution in [0.15, 0.2) is 158 Å². The van der Waals surface area contributed by atoms with Crippen LogP contribution in [0, 0.1) is 26.0 Å². The summed E-state index contributed by atoms with van der Waals surface area (Å²) in [4.78, 5) is 17.9. The molecule has 0 aliphatic heterocycles. The fourth-order valence-electron chi connectivity index (χ4n) is 5.94. The maximum atomic E-state index is 4.72. The Morgan fingerprint density at radius 3 is 2.08 bits per heavy atom. The molecule has 0 aliphatic rings. The molecule has 5 aromatic carbocycles. The molecule has 0 fully saturated rings. The largest absolute Gasteiger partial charge is 0.305 e. The van der Waals surface area contributed by atoms with Crippen molar-refractivity contribution in [2.24, 2.45) is 0 Å². The number of benzene rings is 5. The summed E-state index contributed by atoms with van der Waals surface area (Å²) in [5.41, 5.74) is 14.2. The first-order valence-electron chi connectivity index (χ1n) is 15.9. The van der Waals surface area contributed by atoms with Gasteiger partial charge in [-0.2, -0.15) is 0 Å². The van der Waals surface area contributed by atoms with Crippen molar-refractivity contribution >= 4 is 10.9 Å². The van der Waals surface area contributed by atoms with Crippen molar-refractivity contribution in [2.75, 3.05) is 0 Å². The Hall–Kier alpha value is -5.61. The smallest absolute Gasteiger partial charge is 0.116 e. The van der Waals surface area contributed by atoms with Gasteiger partial charge in [0.2, 0.25) is 0 Å². The van der Waals surface area contributed by atoms with Crippen molar-refractivity contribution in [3.05, 3.63) is 182 Å². The van der Waals surface area contributed by atoms with E-state index in [9.17, 15) is 0 Å². The van der Waals surface area contributed by atoms with Crippen molar-refractivity contribution in [1.82, 2.24) is 19.9 Å². The summed E-state index contributed by atoms with van der Waals surface area (Å²) >= 11 is 0. The van der Waals surface area contributed by atoms with Crippen molar-refractivity contribution in [1.29, 1.82) is 0 Å². The van der Waals surface area contributed by atoms with Crippen LogP contribution in [0.25, 0.3) is 66.8 Å². The van der Waals surface area contributed by atoms with E-state index in [1.165, 1.54) is 27.8 Å². The van der Waals surface area contributed by atoms with E-state index in [-0.39, 0.29) is 20.1 Å². The molecule has 239 valence electrons. The van der Waals surface area contributed by atoms with Crippen LogP contribution < -0.4 is 0 Å². The molecule has 0 amide bonds. The molecule has 1 radical (unpaired) electrons. The van der Waals surface area contributed by atoms with Gasteiger partial charge in [-0.1, -0.05) is 90.0 Å². The first kappa shape index (κ1) is 33.3. The Morgan fingerprint density at radius 1 is 0.510 bits per heavy atom. The van der Waals surface area contributed by atoms with Gasteiger partial charge in [-0.05, 0) is 70.7 Å². The molecule has 0 saturated carbocycles. The summed E-state index contributed by atoms with van der Waals surface area (Å²) in [5.74, 6) is 0. The van der Waals surface area contributed by atoms with E-state index in [1.54, 1.807) is 12.5 Å². The van der Waals surface area contributed by atoms with E-state index < -0.39 is 0 Å². The first-order valence-corrected chi connectivity index (χ1v) is 15.9. The average molecular weight is 809 g/mol. The molecule has 8 rings (SSSR count). The predicted molar refractivity (Wildman–Crippen MR) is 196 cm³/mol. The van der Waals surface area contributed by atoms with Gasteiger partial charge in [0.15, 0.2) is 0 Å². The molecule has 0 N–H and O–H groups in total. The van der Waals surface area contributed by atoms with Crippen molar-refractivity contribution < 1.29 is 20.1 Å². The van der Waals surface area contributed by atoms with Gasteiger partial charge in [-0.15, -0.1) is 65.7 Å². The summed E-state index contributed by atoms with van der Waals surface area (Å²) in [6, 6.07) is 51.8. The van der Waals surface area contributed by atoms with Crippen LogP contribution >= 0.6 is 0 Å². The van der Waals surface area contributed by atoms with Crippen LogP contribution in [0.4, 0.5) is 0 Å². The van der Waals surface area contributed by atoms with Gasteiger partial charge in [-0.3, -0.25) is 0 Å². The molecular weight excluding hydrogens is 777 g/mol. The monoisotopic (exact) mass is 809 g/mol. The Morgan fingerprint density at radius 2 is 1.29 bits per heavy atom. The first-order chi connectivity index (χ1) is 23.7. The molecule has 49 heavy (non-hydrogen) atoms. The minimum Gasteiger partial charge on any atom is -0.305 e. The summed E-state index contributed by atoms with van der Waals surface area (Å²) in [6.07, 6.45) is 7.17. The van der Waals surface area contributed by atoms with E-state index in [1.807, 2.05) is 73.1 Å². The number of aryl methyl sites for hydroxylation is 1. The molecule has 0 saturated heterocycles. The van der Waals surface area contributed by atoms with Gasteiger partial charge < -0.3 is 9.97 Å². The second kappa shape index (κ2) is 15.5. The summed E-state index contributed by atoms with van der Waals surface area (Å²) in [7, 11) is 0. The van der Waals surface area contributed by atoms with Gasteiger partial charge in [0.05, 0.1) is 5.52 Å². The summed E-state index contributed by atoms with van der Waals surface area (Å²) in [6.45, 7) is 4.25. The topological polar surface area (TPSA) is 51.6 Å². The fraction of sp³-hybridized carbons (Fsp3) is 0.0455. The van der Waals surface area contributed by atoms with E-state index >= 15 is 0 Å². The third kappa shape index (κ3) is 7.44. The molecule has 0 spiro atoms. The third-order valence-electron chi connectivity index (χ3n) is 8.34. The number of fused-ring (bicyclic) bond motifs is 1. The number of hydrogen-bond donors (Lipinski definition) is 0. The molecule has 0 unspecified atom stereocenters. The third-order valence-corrected chi connectivity index (χ3v) is 8.34. The zero-order chi connectivity index (χ0) is 32.7. The van der Waals surface area contributed by atoms with Gasteiger partial charge in [0.1, 0.15) is 6.33 Å². The standard InChI is InChI=1S/C32H22N3.C12H10N.Ir/c1-22-26(23-9-3-2-4-10-23)13-8-14-27(22)29-17-16-28(32-30(29)20-33-21-35-32)24-11-7-12-25(19-24)31-15-5-6-18-34-31;1-10-7-8-13-12(9-10)11-5-3-2-4-6-11;/h2-11,13-21H,1H3;2-5,7-9H,1H3;/q2*-1;. The molecule has 5 heteroatoms. The Bertz CT molecular complexity index is 2310. The fourth-order valence-corrected chi connectivity index (χ4v) is 5.94. The van der Waals surface area contributed by atoms with Crippen LogP contribution in [0.3, 0.4) is 0 Å².